The summed E-state index contributed by atoms with van der Waals surface area (Å²) in [6, 6.07) is 79.7. The number of nitrogens with one attached hydrogen (secondary N) is 1. The second kappa shape index (κ2) is 12.6. The van der Waals surface area contributed by atoms with Gasteiger partial charge in [-0.15, -0.1) is 0 Å². The van der Waals surface area contributed by atoms with Gasteiger partial charge in [0.15, 0.2) is 23.0 Å². The second-order valence-electron chi connectivity index (χ2n) is 17.9. The van der Waals surface area contributed by atoms with E-state index in [1.54, 1.807) is 0 Å². The zero-order valence-corrected chi connectivity index (χ0v) is 35.1. The highest BCUT2D eigenvalue weighted by atomic mass is 16.6. The lowest BCUT2D eigenvalue weighted by Crippen LogP contribution is -2.25. The summed E-state index contributed by atoms with van der Waals surface area (Å²) in [5.41, 5.74) is 24.0. The van der Waals surface area contributed by atoms with Crippen molar-refractivity contribution in [2.75, 3.05) is 5.32 Å². The minimum absolute atomic E-state index is 0.341. The summed E-state index contributed by atoms with van der Waals surface area (Å²) in [6.45, 7) is 0. The number of hydrogen-bond acceptors (Lipinski definition) is 3. The van der Waals surface area contributed by atoms with Gasteiger partial charge in [0.05, 0.1) is 10.8 Å². The molecule has 0 saturated carbocycles. The van der Waals surface area contributed by atoms with Crippen molar-refractivity contribution >= 4 is 11.4 Å². The van der Waals surface area contributed by atoms with E-state index in [2.05, 4.69) is 218 Å². The molecule has 10 aromatic rings. The molecule has 1 N–H and O–H groups in total. The van der Waals surface area contributed by atoms with Gasteiger partial charge >= 0.3 is 0 Å². The average molecular weight is 828 g/mol. The van der Waals surface area contributed by atoms with Crippen molar-refractivity contribution in [1.82, 2.24) is 0 Å². The Morgan fingerprint density at radius 3 is 1.26 bits per heavy atom. The molecule has 10 aromatic carbocycles. The van der Waals surface area contributed by atoms with Gasteiger partial charge in [0.1, 0.15) is 0 Å². The van der Waals surface area contributed by atoms with Crippen molar-refractivity contribution in [3.05, 3.63) is 263 Å². The molecule has 0 fully saturated rings. The number of hydrogen-bond donors (Lipinski definition) is 1. The first-order valence-corrected chi connectivity index (χ1v) is 22.5. The summed E-state index contributed by atoms with van der Waals surface area (Å²) in [5, 5.41) is 3.74. The van der Waals surface area contributed by atoms with Gasteiger partial charge in [0, 0.05) is 16.9 Å². The maximum absolute atomic E-state index is 7.02. The van der Waals surface area contributed by atoms with Gasteiger partial charge in [-0.2, -0.15) is 0 Å². The monoisotopic (exact) mass is 827 g/mol. The summed E-state index contributed by atoms with van der Waals surface area (Å²) in [6.07, 6.45) is 0. The molecule has 3 nitrogen and oxygen atoms in total. The molecular formula is C62H37NO2. The first kappa shape index (κ1) is 35.1. The van der Waals surface area contributed by atoms with Crippen molar-refractivity contribution in [3.63, 3.8) is 0 Å². The van der Waals surface area contributed by atoms with Crippen LogP contribution in [0.2, 0.25) is 0 Å². The zero-order chi connectivity index (χ0) is 42.4. The molecule has 15 rings (SSSR count). The predicted octanol–water partition coefficient (Wildman–Crippen LogP) is 15.7. The highest BCUT2D eigenvalue weighted by molar-refractivity contribution is 5.99. The summed E-state index contributed by atoms with van der Waals surface area (Å²) in [7, 11) is 0. The summed E-state index contributed by atoms with van der Waals surface area (Å²) in [5.74, 6) is 2.91. The molecular weight excluding hydrogens is 791 g/mol. The van der Waals surface area contributed by atoms with Crippen LogP contribution in [0.1, 0.15) is 44.5 Å². The molecule has 0 unspecified atom stereocenters. The molecule has 0 atom stereocenters. The predicted molar refractivity (Wildman–Crippen MR) is 261 cm³/mol. The fourth-order valence-corrected chi connectivity index (χ4v) is 12.5. The maximum Gasteiger partial charge on any atom is 0.178 e. The van der Waals surface area contributed by atoms with E-state index in [0.29, 0.717) is 11.5 Å². The molecule has 0 aromatic heterocycles. The quantitative estimate of drug-likeness (QED) is 0.192. The van der Waals surface area contributed by atoms with Crippen LogP contribution in [0, 0.1) is 0 Å². The fraction of sp³-hybridized carbons (Fsp3) is 0.0323. The highest BCUT2D eigenvalue weighted by Gasteiger charge is 2.54. The molecule has 1 aliphatic heterocycles. The Bertz CT molecular complexity index is 3620. The molecule has 0 amide bonds. The Kier molecular flexibility index (Phi) is 6.82. The van der Waals surface area contributed by atoms with Gasteiger partial charge in [-0.1, -0.05) is 176 Å². The third-order valence-corrected chi connectivity index (χ3v) is 15.0. The van der Waals surface area contributed by atoms with E-state index in [1.165, 1.54) is 83.5 Å². The van der Waals surface area contributed by atoms with Crippen LogP contribution in [0.5, 0.6) is 23.0 Å². The van der Waals surface area contributed by atoms with Crippen LogP contribution in [0.25, 0.3) is 55.6 Å². The van der Waals surface area contributed by atoms with Gasteiger partial charge in [-0.05, 0) is 137 Å². The second-order valence-corrected chi connectivity index (χ2v) is 17.9. The fourth-order valence-electron chi connectivity index (χ4n) is 12.5. The van der Waals surface area contributed by atoms with Gasteiger partial charge in [0.25, 0.3) is 0 Å². The molecule has 5 aliphatic rings. The number of anilines is 2. The van der Waals surface area contributed by atoms with E-state index in [-0.39, 0.29) is 5.41 Å². The highest BCUT2D eigenvalue weighted by Crippen LogP contribution is 2.67. The molecule has 302 valence electrons. The lowest BCUT2D eigenvalue weighted by Gasteiger charge is -2.31. The molecule has 2 spiro atoms. The van der Waals surface area contributed by atoms with Crippen LogP contribution in [-0.4, -0.2) is 0 Å². The first-order chi connectivity index (χ1) is 32.2. The number of ether oxygens (including phenoxy) is 2. The van der Waals surface area contributed by atoms with Gasteiger partial charge in [-0.3, -0.25) is 0 Å². The molecule has 0 saturated heterocycles. The first-order valence-electron chi connectivity index (χ1n) is 22.5. The smallest absolute Gasteiger partial charge is 0.178 e. The van der Waals surface area contributed by atoms with Crippen LogP contribution in [0.15, 0.2) is 218 Å². The SMILES string of the molecule is c1ccc2c(c1)-c1ccccc1C21c2ccccc2-c2cc(Nc3ccc(-c4ccc5c(c4)Oc4c(ccc6c4-c4ccccc4C64c6ccccc6-c6ccccc64)O5)cc3)ccc21. The normalized spacial score (nSPS) is 14.6. The minimum Gasteiger partial charge on any atom is -0.449 e. The molecule has 3 heteroatoms. The Hall–Kier alpha value is -8.40. The number of rotatable bonds is 3. The Morgan fingerprint density at radius 1 is 0.277 bits per heavy atom. The Balaban J connectivity index is 0.764. The third-order valence-electron chi connectivity index (χ3n) is 15.0. The summed E-state index contributed by atoms with van der Waals surface area (Å²) >= 11 is 0. The zero-order valence-electron chi connectivity index (χ0n) is 35.1. The largest absolute Gasteiger partial charge is 0.449 e. The molecule has 1 heterocycles. The van der Waals surface area contributed by atoms with E-state index in [0.717, 1.165) is 39.6 Å². The van der Waals surface area contributed by atoms with Crippen LogP contribution in [0.3, 0.4) is 0 Å². The molecule has 0 radical (unpaired) electrons. The minimum atomic E-state index is -0.448. The van der Waals surface area contributed by atoms with Crippen molar-refractivity contribution in [2.24, 2.45) is 0 Å². The number of benzene rings is 10. The molecule has 65 heavy (non-hydrogen) atoms. The Labute approximate surface area is 376 Å². The average Bonchev–Trinajstić information content (AvgIpc) is 4.05. The lowest BCUT2D eigenvalue weighted by atomic mass is 9.70. The van der Waals surface area contributed by atoms with Crippen molar-refractivity contribution in [3.8, 4) is 78.6 Å². The van der Waals surface area contributed by atoms with Crippen LogP contribution in [0.4, 0.5) is 11.4 Å². The summed E-state index contributed by atoms with van der Waals surface area (Å²) < 4.78 is 13.7. The molecule has 0 bridgehead atoms. The van der Waals surface area contributed by atoms with E-state index in [9.17, 15) is 0 Å². The van der Waals surface area contributed by atoms with Gasteiger partial charge in [0.2, 0.25) is 0 Å². The lowest BCUT2D eigenvalue weighted by molar-refractivity contribution is 0.360. The molecule has 4 aliphatic carbocycles. The maximum atomic E-state index is 7.02. The van der Waals surface area contributed by atoms with Crippen LogP contribution >= 0.6 is 0 Å². The Morgan fingerprint density at radius 2 is 0.692 bits per heavy atom. The third kappa shape index (κ3) is 4.40. The van der Waals surface area contributed by atoms with Crippen LogP contribution in [-0.2, 0) is 10.8 Å². The van der Waals surface area contributed by atoms with Gasteiger partial charge < -0.3 is 14.8 Å². The van der Waals surface area contributed by atoms with E-state index in [4.69, 9.17) is 9.47 Å². The van der Waals surface area contributed by atoms with E-state index >= 15 is 0 Å². The van der Waals surface area contributed by atoms with Crippen molar-refractivity contribution in [1.29, 1.82) is 0 Å². The van der Waals surface area contributed by atoms with E-state index < -0.39 is 5.41 Å². The standard InChI is InChI=1S/C62H37NO2/c1-7-19-48-41(13-1)42-14-2-8-20-49(42)61(48)52-23-11-5-17-45(52)47-36-40(30-31-54(47)61)63-39-28-25-37(26-29-39)38-27-33-56-58(35-38)65-60-57(64-56)34-32-55-59(60)46-18-6-12-24-53(46)62(55)50-21-9-3-15-43(50)44-16-4-10-22-51(44)62/h1-36,63H. The van der Waals surface area contributed by atoms with Crippen LogP contribution < -0.4 is 14.8 Å². The van der Waals surface area contributed by atoms with Crippen molar-refractivity contribution in [2.45, 2.75) is 10.8 Å². The summed E-state index contributed by atoms with van der Waals surface area (Å²) in [4.78, 5) is 0. The van der Waals surface area contributed by atoms with Crippen molar-refractivity contribution < 1.29 is 9.47 Å². The van der Waals surface area contributed by atoms with Gasteiger partial charge in [-0.25, -0.2) is 0 Å². The number of fused-ring (bicyclic) bond motifs is 23. The van der Waals surface area contributed by atoms with E-state index in [1.807, 2.05) is 6.07 Å². The topological polar surface area (TPSA) is 30.5 Å².